The molecule has 0 radical (unpaired) electrons. The number of hydrogen-bond donors (Lipinski definition) is 3. The Morgan fingerprint density at radius 3 is 2.92 bits per heavy atom. The van der Waals surface area contributed by atoms with Crippen molar-refractivity contribution in [3.05, 3.63) is 35.4 Å². The fourth-order valence-corrected chi connectivity index (χ4v) is 3.72. The van der Waals surface area contributed by atoms with Gasteiger partial charge in [-0.3, -0.25) is 4.90 Å². The number of likely N-dealkylation sites (tertiary alicyclic amines) is 1. The summed E-state index contributed by atoms with van der Waals surface area (Å²) in [6, 6.07) is 7.67. The van der Waals surface area contributed by atoms with Crippen molar-refractivity contribution in [3.8, 4) is 0 Å². The molecular weight excluding hydrogens is 334 g/mol. The molecule has 2 saturated heterocycles. The lowest BCUT2D eigenvalue weighted by Gasteiger charge is -2.31. The van der Waals surface area contributed by atoms with Gasteiger partial charge in [0.25, 0.3) is 0 Å². The number of ether oxygens (including phenoxy) is 1. The van der Waals surface area contributed by atoms with E-state index < -0.39 is 6.10 Å². The highest BCUT2D eigenvalue weighted by Gasteiger charge is 2.33. The number of nitrogens with one attached hydrogen (secondary N) is 1. The Balaban J connectivity index is 1.53. The van der Waals surface area contributed by atoms with E-state index >= 15 is 0 Å². The number of carbonyl (C=O) groups is 1. The van der Waals surface area contributed by atoms with E-state index in [-0.39, 0.29) is 31.3 Å². The molecule has 7 nitrogen and oxygen atoms in total. The van der Waals surface area contributed by atoms with E-state index in [0.29, 0.717) is 13.0 Å². The third kappa shape index (κ3) is 4.94. The summed E-state index contributed by atoms with van der Waals surface area (Å²) in [6.07, 6.45) is 0.135. The van der Waals surface area contributed by atoms with Gasteiger partial charge in [0, 0.05) is 32.7 Å². The molecule has 0 aliphatic carbocycles. The molecule has 2 aliphatic rings. The molecule has 2 amide bonds. The zero-order valence-electron chi connectivity index (χ0n) is 15.3. The molecule has 1 unspecified atom stereocenters. The number of aliphatic hydroxyl groups excluding tert-OH is 2. The van der Waals surface area contributed by atoms with Gasteiger partial charge in [0.05, 0.1) is 31.5 Å². The highest BCUT2D eigenvalue weighted by Crippen LogP contribution is 2.18. The normalized spacial score (nSPS) is 26.9. The van der Waals surface area contributed by atoms with E-state index in [2.05, 4.69) is 29.3 Å². The van der Waals surface area contributed by atoms with Crippen molar-refractivity contribution in [3.63, 3.8) is 0 Å². The van der Waals surface area contributed by atoms with Gasteiger partial charge in [0.2, 0.25) is 0 Å². The quantitative estimate of drug-likeness (QED) is 0.711. The Morgan fingerprint density at radius 2 is 2.15 bits per heavy atom. The number of rotatable bonds is 5. The number of nitrogens with zero attached hydrogens (tertiary/aromatic N) is 2. The molecule has 0 saturated carbocycles. The average Bonchev–Trinajstić information content (AvgIpc) is 3.01. The zero-order valence-corrected chi connectivity index (χ0v) is 15.3. The van der Waals surface area contributed by atoms with Gasteiger partial charge in [0.1, 0.15) is 0 Å². The Bertz CT molecular complexity index is 612. The third-order valence-electron chi connectivity index (χ3n) is 5.03. The van der Waals surface area contributed by atoms with Crippen LogP contribution in [-0.2, 0) is 17.8 Å². The van der Waals surface area contributed by atoms with E-state index in [9.17, 15) is 15.0 Å². The fraction of sp³-hybridized carbons (Fsp3) is 0.632. The van der Waals surface area contributed by atoms with Crippen molar-refractivity contribution in [1.29, 1.82) is 0 Å². The number of β-amino-alcohol motifs (C(OH)–C–C–N with tert-alkyl or cyclic N) is 1. The second-order valence-electron chi connectivity index (χ2n) is 7.27. The lowest BCUT2D eigenvalue weighted by Crippen LogP contribution is -2.44. The smallest absolute Gasteiger partial charge is 0.318 e. The van der Waals surface area contributed by atoms with Crippen LogP contribution in [0.25, 0.3) is 0 Å². The summed E-state index contributed by atoms with van der Waals surface area (Å²) in [4.78, 5) is 16.2. The van der Waals surface area contributed by atoms with Crippen LogP contribution in [0.15, 0.2) is 24.3 Å². The molecule has 144 valence electrons. The molecular formula is C19H29N3O4. The molecule has 0 aromatic heterocycles. The molecule has 26 heavy (non-hydrogen) atoms. The molecule has 3 N–H and O–H groups in total. The van der Waals surface area contributed by atoms with Crippen LogP contribution >= 0.6 is 0 Å². The summed E-state index contributed by atoms with van der Waals surface area (Å²) in [7, 11) is 0. The third-order valence-corrected chi connectivity index (χ3v) is 5.03. The van der Waals surface area contributed by atoms with Gasteiger partial charge in [-0.1, -0.05) is 24.3 Å². The standard InChI is InChI=1S/C19H29N3O4/c1-14-10-21(5-6-26-14)11-16-4-2-3-15(7-16)9-20-19(25)22-12-18(24)8-17(22)13-23/h2-4,7,14,17-18,23-24H,5-6,8-13H2,1H3,(H,20,25)/t14?,17-,18-/m0/s1. The number of amides is 2. The number of aliphatic hydroxyl groups is 2. The second-order valence-corrected chi connectivity index (χ2v) is 7.27. The van der Waals surface area contributed by atoms with Crippen molar-refractivity contribution in [2.75, 3.05) is 32.8 Å². The van der Waals surface area contributed by atoms with Crippen LogP contribution in [0.1, 0.15) is 24.5 Å². The first kappa shape index (κ1) is 19.1. The first-order chi connectivity index (χ1) is 12.5. The summed E-state index contributed by atoms with van der Waals surface area (Å²) in [5, 5.41) is 21.9. The number of urea groups is 1. The topological polar surface area (TPSA) is 85.3 Å². The minimum Gasteiger partial charge on any atom is -0.394 e. The lowest BCUT2D eigenvalue weighted by atomic mass is 10.1. The number of benzene rings is 1. The largest absolute Gasteiger partial charge is 0.394 e. The Kier molecular flexibility index (Phi) is 6.48. The average molecular weight is 363 g/mol. The van der Waals surface area contributed by atoms with Crippen LogP contribution in [-0.4, -0.2) is 77.1 Å². The maximum atomic E-state index is 12.3. The molecule has 3 rings (SSSR count). The predicted molar refractivity (Wildman–Crippen MR) is 97.6 cm³/mol. The van der Waals surface area contributed by atoms with Gasteiger partial charge in [-0.25, -0.2) is 4.79 Å². The maximum absolute atomic E-state index is 12.3. The van der Waals surface area contributed by atoms with Gasteiger partial charge in [-0.2, -0.15) is 0 Å². The van der Waals surface area contributed by atoms with E-state index in [4.69, 9.17) is 4.74 Å². The van der Waals surface area contributed by atoms with E-state index in [1.807, 2.05) is 12.1 Å². The molecule has 2 heterocycles. The van der Waals surface area contributed by atoms with Crippen LogP contribution in [0.2, 0.25) is 0 Å². The summed E-state index contributed by atoms with van der Waals surface area (Å²) in [5.74, 6) is 0. The zero-order chi connectivity index (χ0) is 18.5. The molecule has 2 fully saturated rings. The monoisotopic (exact) mass is 363 g/mol. The SMILES string of the molecule is CC1CN(Cc2cccc(CNC(=O)N3C[C@@H](O)C[C@H]3CO)c2)CCO1. The Morgan fingerprint density at radius 1 is 1.35 bits per heavy atom. The van der Waals surface area contributed by atoms with E-state index in [1.165, 1.54) is 10.5 Å². The Hall–Kier alpha value is -1.67. The maximum Gasteiger partial charge on any atom is 0.318 e. The molecule has 0 spiro atoms. The molecule has 3 atom stereocenters. The van der Waals surface area contributed by atoms with Gasteiger partial charge in [0.15, 0.2) is 0 Å². The summed E-state index contributed by atoms with van der Waals surface area (Å²) in [5.41, 5.74) is 2.26. The fourth-order valence-electron chi connectivity index (χ4n) is 3.72. The highest BCUT2D eigenvalue weighted by atomic mass is 16.5. The van der Waals surface area contributed by atoms with Gasteiger partial charge in [-0.05, 0) is 24.5 Å². The van der Waals surface area contributed by atoms with Crippen molar-refractivity contribution < 1.29 is 19.7 Å². The van der Waals surface area contributed by atoms with Crippen LogP contribution in [0.3, 0.4) is 0 Å². The van der Waals surface area contributed by atoms with Crippen molar-refractivity contribution in [2.24, 2.45) is 0 Å². The molecule has 2 aliphatic heterocycles. The van der Waals surface area contributed by atoms with Crippen molar-refractivity contribution in [1.82, 2.24) is 15.1 Å². The second kappa shape index (κ2) is 8.81. The summed E-state index contributed by atoms with van der Waals surface area (Å²) in [6.45, 7) is 6.17. The lowest BCUT2D eigenvalue weighted by molar-refractivity contribution is -0.0212. The summed E-state index contributed by atoms with van der Waals surface area (Å²) >= 11 is 0. The van der Waals surface area contributed by atoms with Crippen LogP contribution in [0, 0.1) is 0 Å². The van der Waals surface area contributed by atoms with Gasteiger partial charge in [-0.15, -0.1) is 0 Å². The van der Waals surface area contributed by atoms with Gasteiger partial charge >= 0.3 is 6.03 Å². The van der Waals surface area contributed by atoms with Crippen molar-refractivity contribution in [2.45, 2.75) is 44.7 Å². The van der Waals surface area contributed by atoms with E-state index in [1.54, 1.807) is 0 Å². The molecule has 1 aromatic rings. The number of hydrogen-bond acceptors (Lipinski definition) is 5. The van der Waals surface area contributed by atoms with Crippen LogP contribution in [0.4, 0.5) is 4.79 Å². The van der Waals surface area contributed by atoms with Crippen LogP contribution in [0.5, 0.6) is 0 Å². The van der Waals surface area contributed by atoms with E-state index in [0.717, 1.165) is 31.8 Å². The Labute approximate surface area is 154 Å². The minimum atomic E-state index is -0.558. The first-order valence-electron chi connectivity index (χ1n) is 9.30. The van der Waals surface area contributed by atoms with Crippen LogP contribution < -0.4 is 5.32 Å². The van der Waals surface area contributed by atoms with Gasteiger partial charge < -0.3 is 25.2 Å². The summed E-state index contributed by atoms with van der Waals surface area (Å²) < 4.78 is 5.58. The number of carbonyl (C=O) groups excluding carboxylic acids is 1. The highest BCUT2D eigenvalue weighted by molar-refractivity contribution is 5.75. The molecule has 0 bridgehead atoms. The number of morpholine rings is 1. The molecule has 7 heteroatoms. The first-order valence-corrected chi connectivity index (χ1v) is 9.30. The minimum absolute atomic E-state index is 0.127. The molecule has 1 aromatic carbocycles. The predicted octanol–water partition coefficient (Wildman–Crippen LogP) is 0.544. The van der Waals surface area contributed by atoms with Crippen molar-refractivity contribution >= 4 is 6.03 Å².